The number of thiophene rings is 1. The molecule has 4 heteroatoms. The number of nitrogens with zero attached hydrogens (tertiary/aromatic N) is 2. The molecular formula is C17H14N2OS. The first-order valence-corrected chi connectivity index (χ1v) is 7.49. The maximum absolute atomic E-state index is 5.53. The minimum Gasteiger partial charge on any atom is -0.390 e. The summed E-state index contributed by atoms with van der Waals surface area (Å²) in [6.45, 7) is 0.485. The zero-order valence-electron chi connectivity index (χ0n) is 11.3. The van der Waals surface area contributed by atoms with Crippen LogP contribution in [0.1, 0.15) is 16.0 Å². The molecule has 0 saturated heterocycles. The summed E-state index contributed by atoms with van der Waals surface area (Å²) in [5.41, 5.74) is 2.83. The summed E-state index contributed by atoms with van der Waals surface area (Å²) in [6, 6.07) is 17.9. The SMILES string of the molecule is c1ccc(C(=NOCc2cccs2)c2ccncc2)cc1. The highest BCUT2D eigenvalue weighted by Gasteiger charge is 2.07. The van der Waals surface area contributed by atoms with Crippen molar-refractivity contribution in [2.75, 3.05) is 0 Å². The van der Waals surface area contributed by atoms with E-state index in [4.69, 9.17) is 4.84 Å². The molecule has 3 aromatic rings. The summed E-state index contributed by atoms with van der Waals surface area (Å²) in [5, 5.41) is 6.37. The predicted octanol–water partition coefficient (Wildman–Crippen LogP) is 4.11. The van der Waals surface area contributed by atoms with Gasteiger partial charge >= 0.3 is 0 Å². The Hall–Kier alpha value is -2.46. The highest BCUT2D eigenvalue weighted by Crippen LogP contribution is 2.13. The van der Waals surface area contributed by atoms with Crippen LogP contribution >= 0.6 is 11.3 Å². The van der Waals surface area contributed by atoms with Crippen LogP contribution in [0.3, 0.4) is 0 Å². The van der Waals surface area contributed by atoms with Crippen LogP contribution in [0.5, 0.6) is 0 Å². The second-order valence-corrected chi connectivity index (χ2v) is 5.43. The van der Waals surface area contributed by atoms with Gasteiger partial charge in [-0.25, -0.2) is 0 Å². The molecule has 0 aliphatic rings. The van der Waals surface area contributed by atoms with Crippen LogP contribution in [0.15, 0.2) is 77.5 Å². The van der Waals surface area contributed by atoms with E-state index in [1.54, 1.807) is 23.7 Å². The highest BCUT2D eigenvalue weighted by atomic mass is 32.1. The van der Waals surface area contributed by atoms with Crippen molar-refractivity contribution in [2.24, 2.45) is 5.16 Å². The molecule has 3 nitrogen and oxygen atoms in total. The second-order valence-electron chi connectivity index (χ2n) is 4.39. The topological polar surface area (TPSA) is 34.5 Å². The third kappa shape index (κ3) is 3.55. The van der Waals surface area contributed by atoms with E-state index in [0.717, 1.165) is 21.7 Å². The molecule has 0 aliphatic carbocycles. The molecule has 0 aliphatic heterocycles. The Labute approximate surface area is 127 Å². The van der Waals surface area contributed by atoms with E-state index in [0.29, 0.717) is 6.61 Å². The molecular weight excluding hydrogens is 280 g/mol. The third-order valence-corrected chi connectivity index (χ3v) is 3.79. The maximum Gasteiger partial charge on any atom is 0.151 e. The van der Waals surface area contributed by atoms with Crippen LogP contribution in [-0.2, 0) is 11.4 Å². The first-order chi connectivity index (χ1) is 10.4. The fourth-order valence-corrected chi connectivity index (χ4v) is 2.54. The van der Waals surface area contributed by atoms with E-state index in [1.807, 2.05) is 60.0 Å². The molecule has 0 bridgehead atoms. The van der Waals surface area contributed by atoms with Gasteiger partial charge < -0.3 is 4.84 Å². The third-order valence-electron chi connectivity index (χ3n) is 2.94. The van der Waals surface area contributed by atoms with Crippen molar-refractivity contribution in [3.05, 3.63) is 88.4 Å². The Morgan fingerprint density at radius 3 is 2.43 bits per heavy atom. The van der Waals surface area contributed by atoms with Gasteiger partial charge in [0.25, 0.3) is 0 Å². The molecule has 0 atom stereocenters. The Kier molecular flexibility index (Phi) is 4.39. The van der Waals surface area contributed by atoms with E-state index < -0.39 is 0 Å². The number of hydrogen-bond acceptors (Lipinski definition) is 4. The van der Waals surface area contributed by atoms with Gasteiger partial charge in [0.05, 0.1) is 0 Å². The first-order valence-electron chi connectivity index (χ1n) is 6.61. The number of aromatic nitrogens is 1. The van der Waals surface area contributed by atoms with Gasteiger partial charge in [0.2, 0.25) is 0 Å². The Bertz CT molecular complexity index is 653. The molecule has 2 aromatic heterocycles. The van der Waals surface area contributed by atoms with Crippen LogP contribution in [0.4, 0.5) is 0 Å². The van der Waals surface area contributed by atoms with Gasteiger partial charge in [0.1, 0.15) is 5.71 Å². The largest absolute Gasteiger partial charge is 0.390 e. The quantitative estimate of drug-likeness (QED) is 0.524. The van der Waals surface area contributed by atoms with E-state index in [2.05, 4.69) is 10.1 Å². The molecule has 0 amide bonds. The van der Waals surface area contributed by atoms with Gasteiger partial charge in [-0.2, -0.15) is 0 Å². The fraction of sp³-hybridized carbons (Fsp3) is 0.0588. The standard InChI is InChI=1S/C17H14N2OS/c1-2-5-14(6-3-1)17(15-8-10-18-11-9-15)19-20-13-16-7-4-12-21-16/h1-12H,13H2. The molecule has 3 rings (SSSR count). The van der Waals surface area contributed by atoms with Crippen LogP contribution in [0.2, 0.25) is 0 Å². The lowest BCUT2D eigenvalue weighted by Crippen LogP contribution is -2.04. The molecule has 0 unspecified atom stereocenters. The van der Waals surface area contributed by atoms with Crippen molar-refractivity contribution in [3.8, 4) is 0 Å². The molecule has 0 radical (unpaired) electrons. The number of pyridine rings is 1. The zero-order chi connectivity index (χ0) is 14.3. The van der Waals surface area contributed by atoms with Gasteiger partial charge in [-0.05, 0) is 23.6 Å². The normalized spacial score (nSPS) is 11.3. The van der Waals surface area contributed by atoms with E-state index in [1.165, 1.54) is 0 Å². The maximum atomic E-state index is 5.53. The van der Waals surface area contributed by atoms with Crippen molar-refractivity contribution in [3.63, 3.8) is 0 Å². The summed E-state index contributed by atoms with van der Waals surface area (Å²) in [4.78, 5) is 10.7. The summed E-state index contributed by atoms with van der Waals surface area (Å²) < 4.78 is 0. The molecule has 0 spiro atoms. The number of oxime groups is 1. The predicted molar refractivity (Wildman–Crippen MR) is 85.4 cm³/mol. The van der Waals surface area contributed by atoms with Gasteiger partial charge in [-0.1, -0.05) is 41.6 Å². The van der Waals surface area contributed by atoms with Crippen molar-refractivity contribution in [1.29, 1.82) is 0 Å². The molecule has 2 heterocycles. The fourth-order valence-electron chi connectivity index (χ4n) is 1.93. The average Bonchev–Trinajstić information content (AvgIpc) is 3.07. The summed E-state index contributed by atoms with van der Waals surface area (Å²) in [6.07, 6.45) is 3.51. The summed E-state index contributed by atoms with van der Waals surface area (Å²) >= 11 is 1.66. The summed E-state index contributed by atoms with van der Waals surface area (Å²) in [7, 11) is 0. The van der Waals surface area contributed by atoms with Gasteiger partial charge in [0, 0.05) is 28.4 Å². The minimum absolute atomic E-state index is 0.485. The lowest BCUT2D eigenvalue weighted by atomic mass is 10.0. The average molecular weight is 294 g/mol. The minimum atomic E-state index is 0.485. The highest BCUT2D eigenvalue weighted by molar-refractivity contribution is 7.09. The Morgan fingerprint density at radius 1 is 0.952 bits per heavy atom. The van der Waals surface area contributed by atoms with Crippen LogP contribution < -0.4 is 0 Å². The first kappa shape index (κ1) is 13.5. The number of benzene rings is 1. The van der Waals surface area contributed by atoms with E-state index in [-0.39, 0.29) is 0 Å². The Morgan fingerprint density at radius 2 is 1.71 bits per heavy atom. The Balaban J connectivity index is 1.85. The number of hydrogen-bond donors (Lipinski definition) is 0. The van der Waals surface area contributed by atoms with Crippen molar-refractivity contribution in [1.82, 2.24) is 4.98 Å². The number of rotatable bonds is 5. The van der Waals surface area contributed by atoms with E-state index >= 15 is 0 Å². The molecule has 0 N–H and O–H groups in total. The van der Waals surface area contributed by atoms with Crippen molar-refractivity contribution >= 4 is 17.0 Å². The zero-order valence-corrected chi connectivity index (χ0v) is 12.2. The smallest absolute Gasteiger partial charge is 0.151 e. The second kappa shape index (κ2) is 6.81. The van der Waals surface area contributed by atoms with Crippen LogP contribution in [0, 0.1) is 0 Å². The van der Waals surface area contributed by atoms with Gasteiger partial charge in [-0.15, -0.1) is 11.3 Å². The van der Waals surface area contributed by atoms with E-state index in [9.17, 15) is 0 Å². The summed E-state index contributed by atoms with van der Waals surface area (Å²) in [5.74, 6) is 0. The van der Waals surface area contributed by atoms with Gasteiger partial charge in [0.15, 0.2) is 6.61 Å². The van der Waals surface area contributed by atoms with Crippen LogP contribution in [0.25, 0.3) is 0 Å². The lowest BCUT2D eigenvalue weighted by Gasteiger charge is -2.06. The monoisotopic (exact) mass is 294 g/mol. The molecule has 0 fully saturated rings. The molecule has 104 valence electrons. The van der Waals surface area contributed by atoms with Crippen molar-refractivity contribution in [2.45, 2.75) is 6.61 Å². The van der Waals surface area contributed by atoms with Crippen LogP contribution in [-0.4, -0.2) is 10.7 Å². The van der Waals surface area contributed by atoms with Gasteiger partial charge in [-0.3, -0.25) is 4.98 Å². The van der Waals surface area contributed by atoms with Crippen molar-refractivity contribution < 1.29 is 4.84 Å². The molecule has 1 aromatic carbocycles. The molecule has 21 heavy (non-hydrogen) atoms. The lowest BCUT2D eigenvalue weighted by molar-refractivity contribution is 0.133. The molecule has 0 saturated carbocycles.